The molecule has 0 heterocycles. The molecule has 0 aromatic heterocycles. The van der Waals surface area contributed by atoms with Gasteiger partial charge in [-0.15, -0.1) is 0 Å². The van der Waals surface area contributed by atoms with Crippen LogP contribution >= 0.6 is 12.2 Å². The predicted octanol–water partition coefficient (Wildman–Crippen LogP) is 1.17. The zero-order valence-corrected chi connectivity index (χ0v) is 9.47. The van der Waals surface area contributed by atoms with E-state index >= 15 is 0 Å². The van der Waals surface area contributed by atoms with Gasteiger partial charge in [0.2, 0.25) is 0 Å². The molecule has 4 nitrogen and oxygen atoms in total. The van der Waals surface area contributed by atoms with Crippen molar-refractivity contribution < 1.29 is 4.74 Å². The Balaban J connectivity index is 2.87. The zero-order valence-electron chi connectivity index (χ0n) is 8.65. The minimum Gasteiger partial charge on any atom is -0.496 e. The van der Waals surface area contributed by atoms with Crippen molar-refractivity contribution in [2.24, 2.45) is 10.8 Å². The molecule has 1 aromatic carbocycles. The molecule has 0 spiro atoms. The molecule has 0 unspecified atom stereocenters. The molecule has 0 aliphatic heterocycles. The second-order valence-corrected chi connectivity index (χ2v) is 3.42. The maximum atomic E-state index is 5.23. The summed E-state index contributed by atoms with van der Waals surface area (Å²) in [6.07, 6.45) is 1.62. The van der Waals surface area contributed by atoms with Crippen molar-refractivity contribution in [2.45, 2.75) is 6.92 Å². The van der Waals surface area contributed by atoms with Gasteiger partial charge in [-0.3, -0.25) is 5.43 Å². The van der Waals surface area contributed by atoms with E-state index in [-0.39, 0.29) is 5.11 Å². The molecule has 1 rings (SSSR count). The van der Waals surface area contributed by atoms with Crippen molar-refractivity contribution in [3.8, 4) is 5.75 Å². The number of ether oxygens (including phenoxy) is 1. The van der Waals surface area contributed by atoms with Gasteiger partial charge in [-0.25, -0.2) is 0 Å². The number of aryl methyl sites for hydroxylation is 1. The normalized spacial score (nSPS) is 10.3. The van der Waals surface area contributed by atoms with Crippen LogP contribution in [0, 0.1) is 6.92 Å². The van der Waals surface area contributed by atoms with Gasteiger partial charge in [0.25, 0.3) is 0 Å². The van der Waals surface area contributed by atoms with E-state index in [1.54, 1.807) is 13.3 Å². The van der Waals surface area contributed by atoms with Crippen LogP contribution in [0.1, 0.15) is 11.1 Å². The van der Waals surface area contributed by atoms with Gasteiger partial charge in [-0.05, 0) is 31.3 Å². The molecule has 0 aliphatic rings. The Kier molecular flexibility index (Phi) is 4.05. The number of nitrogens with zero attached hydrogens (tertiary/aromatic N) is 1. The van der Waals surface area contributed by atoms with Crippen molar-refractivity contribution in [3.05, 3.63) is 29.3 Å². The van der Waals surface area contributed by atoms with E-state index in [9.17, 15) is 0 Å². The van der Waals surface area contributed by atoms with Crippen molar-refractivity contribution >= 4 is 23.5 Å². The highest BCUT2D eigenvalue weighted by molar-refractivity contribution is 7.80. The first kappa shape index (κ1) is 11.5. The van der Waals surface area contributed by atoms with Crippen LogP contribution in [0.4, 0.5) is 0 Å². The minimum atomic E-state index is 0.137. The van der Waals surface area contributed by atoms with Gasteiger partial charge >= 0.3 is 0 Å². The van der Waals surface area contributed by atoms with Gasteiger partial charge in [0.05, 0.1) is 13.3 Å². The van der Waals surface area contributed by atoms with E-state index in [4.69, 9.17) is 10.5 Å². The highest BCUT2D eigenvalue weighted by Gasteiger charge is 1.99. The highest BCUT2D eigenvalue weighted by atomic mass is 32.1. The molecule has 15 heavy (non-hydrogen) atoms. The summed E-state index contributed by atoms with van der Waals surface area (Å²) >= 11 is 4.62. The van der Waals surface area contributed by atoms with Crippen molar-refractivity contribution in [1.29, 1.82) is 0 Å². The maximum Gasteiger partial charge on any atom is 0.184 e. The van der Waals surface area contributed by atoms with Crippen molar-refractivity contribution in [2.75, 3.05) is 7.11 Å². The number of nitrogens with two attached hydrogens (primary N) is 1. The Morgan fingerprint density at radius 2 is 2.33 bits per heavy atom. The molecule has 80 valence electrons. The number of benzene rings is 1. The molecule has 5 heteroatoms. The molecular formula is C10H13N3OS. The summed E-state index contributed by atoms with van der Waals surface area (Å²) in [7, 11) is 1.61. The average Bonchev–Trinajstić information content (AvgIpc) is 2.17. The van der Waals surface area contributed by atoms with Crippen LogP contribution in [0.5, 0.6) is 5.75 Å². The lowest BCUT2D eigenvalue weighted by Gasteiger charge is -2.04. The summed E-state index contributed by atoms with van der Waals surface area (Å²) in [5, 5.41) is 4.01. The summed E-state index contributed by atoms with van der Waals surface area (Å²) < 4.78 is 5.17. The smallest absolute Gasteiger partial charge is 0.184 e. The van der Waals surface area contributed by atoms with Gasteiger partial charge in [0.1, 0.15) is 5.75 Å². The molecule has 0 amide bonds. The number of hydrazone groups is 1. The standard InChI is InChI=1S/C10H13N3OS/c1-7-3-4-9(14-2)8(5-7)6-12-13-10(11)15/h3-6H,1-2H3,(H3,11,13,15). The first-order valence-corrected chi connectivity index (χ1v) is 4.77. The lowest BCUT2D eigenvalue weighted by atomic mass is 10.1. The third-order valence-corrected chi connectivity index (χ3v) is 1.85. The lowest BCUT2D eigenvalue weighted by Crippen LogP contribution is -2.24. The van der Waals surface area contributed by atoms with E-state index in [2.05, 4.69) is 22.7 Å². The second-order valence-electron chi connectivity index (χ2n) is 2.98. The third-order valence-electron chi connectivity index (χ3n) is 1.76. The zero-order chi connectivity index (χ0) is 11.3. The molecule has 0 bridgehead atoms. The molecule has 0 radical (unpaired) electrons. The lowest BCUT2D eigenvalue weighted by molar-refractivity contribution is 0.414. The Hall–Kier alpha value is -1.62. The maximum absolute atomic E-state index is 5.23. The molecule has 0 atom stereocenters. The summed E-state index contributed by atoms with van der Waals surface area (Å²) in [6, 6.07) is 5.82. The Morgan fingerprint density at radius 1 is 1.60 bits per heavy atom. The third kappa shape index (κ3) is 3.55. The molecule has 0 saturated carbocycles. The number of hydrogen-bond acceptors (Lipinski definition) is 3. The molecule has 0 aliphatic carbocycles. The van der Waals surface area contributed by atoms with Crippen LogP contribution in [0.25, 0.3) is 0 Å². The van der Waals surface area contributed by atoms with Gasteiger partial charge in [0.15, 0.2) is 5.11 Å². The number of hydrogen-bond donors (Lipinski definition) is 2. The fraction of sp³-hybridized carbons (Fsp3) is 0.200. The monoisotopic (exact) mass is 223 g/mol. The molecule has 1 aromatic rings. The average molecular weight is 223 g/mol. The van der Waals surface area contributed by atoms with Crippen molar-refractivity contribution in [1.82, 2.24) is 5.43 Å². The van der Waals surface area contributed by atoms with Crippen LogP contribution in [0.2, 0.25) is 0 Å². The van der Waals surface area contributed by atoms with Gasteiger partial charge < -0.3 is 10.5 Å². The summed E-state index contributed by atoms with van der Waals surface area (Å²) in [6.45, 7) is 2.00. The number of thiocarbonyl (C=S) groups is 1. The van der Waals surface area contributed by atoms with E-state index in [0.29, 0.717) is 0 Å². The number of methoxy groups -OCH3 is 1. The Bertz CT molecular complexity index is 390. The Labute approximate surface area is 94.1 Å². The fourth-order valence-electron chi connectivity index (χ4n) is 1.12. The van der Waals surface area contributed by atoms with Crippen LogP contribution in [0.15, 0.2) is 23.3 Å². The van der Waals surface area contributed by atoms with Gasteiger partial charge in [-0.2, -0.15) is 5.10 Å². The molecule has 0 fully saturated rings. The van der Waals surface area contributed by atoms with Gasteiger partial charge in [-0.1, -0.05) is 11.6 Å². The van der Waals surface area contributed by atoms with Crippen LogP contribution in [0.3, 0.4) is 0 Å². The SMILES string of the molecule is COc1ccc(C)cc1C=NNC(N)=S. The number of nitrogens with one attached hydrogen (secondary N) is 1. The first-order chi connectivity index (χ1) is 7.13. The number of rotatable bonds is 3. The fourth-order valence-corrected chi connectivity index (χ4v) is 1.17. The van der Waals surface area contributed by atoms with Crippen LogP contribution in [-0.4, -0.2) is 18.4 Å². The molecule has 0 saturated heterocycles. The van der Waals surface area contributed by atoms with Crippen LogP contribution in [-0.2, 0) is 0 Å². The minimum absolute atomic E-state index is 0.137. The second kappa shape index (κ2) is 5.31. The summed E-state index contributed by atoms with van der Waals surface area (Å²) in [4.78, 5) is 0. The van der Waals surface area contributed by atoms with Crippen LogP contribution < -0.4 is 15.9 Å². The highest BCUT2D eigenvalue weighted by Crippen LogP contribution is 2.17. The summed E-state index contributed by atoms with van der Waals surface area (Å²) in [5.74, 6) is 0.758. The van der Waals surface area contributed by atoms with E-state index in [1.807, 2.05) is 25.1 Å². The topological polar surface area (TPSA) is 59.6 Å². The van der Waals surface area contributed by atoms with Gasteiger partial charge in [0, 0.05) is 5.56 Å². The van der Waals surface area contributed by atoms with E-state index in [0.717, 1.165) is 16.9 Å². The molecular weight excluding hydrogens is 210 g/mol. The molecule has 3 N–H and O–H groups in total. The quantitative estimate of drug-likeness (QED) is 0.459. The largest absolute Gasteiger partial charge is 0.496 e. The summed E-state index contributed by atoms with van der Waals surface area (Å²) in [5.41, 5.74) is 9.73. The predicted molar refractivity (Wildman–Crippen MR) is 65.2 cm³/mol. The van der Waals surface area contributed by atoms with Crippen molar-refractivity contribution in [3.63, 3.8) is 0 Å². The van der Waals surface area contributed by atoms with E-state index in [1.165, 1.54) is 0 Å². The Morgan fingerprint density at radius 3 is 2.93 bits per heavy atom. The first-order valence-electron chi connectivity index (χ1n) is 4.36. The van der Waals surface area contributed by atoms with E-state index < -0.39 is 0 Å².